The topological polar surface area (TPSA) is 85.5 Å². The van der Waals surface area contributed by atoms with Crippen LogP contribution in [0.1, 0.15) is 30.7 Å². The first-order chi connectivity index (χ1) is 14.5. The molecule has 0 saturated carbocycles. The van der Waals surface area contributed by atoms with Gasteiger partial charge in [0, 0.05) is 50.2 Å². The molecule has 30 heavy (non-hydrogen) atoms. The number of aliphatic imine (C=N–C) groups is 1. The van der Waals surface area contributed by atoms with Crippen LogP contribution in [0.2, 0.25) is 5.02 Å². The van der Waals surface area contributed by atoms with Crippen LogP contribution in [0, 0.1) is 0 Å². The molecule has 0 atom stereocenters. The lowest BCUT2D eigenvalue weighted by Crippen LogP contribution is -2.38. The molecule has 2 heterocycles. The maximum absolute atomic E-state index is 12.6. The summed E-state index contributed by atoms with van der Waals surface area (Å²) in [7, 11) is 1.61. The summed E-state index contributed by atoms with van der Waals surface area (Å²) >= 11 is 5.96. The van der Waals surface area contributed by atoms with Gasteiger partial charge in [-0.3, -0.25) is 9.56 Å². The Morgan fingerprint density at radius 2 is 2.20 bits per heavy atom. The van der Waals surface area contributed by atoms with Crippen molar-refractivity contribution in [2.75, 3.05) is 13.6 Å². The van der Waals surface area contributed by atoms with E-state index in [-0.39, 0.29) is 18.0 Å². The van der Waals surface area contributed by atoms with Gasteiger partial charge in [-0.2, -0.15) is 13.9 Å². The number of aryl methyl sites for hydroxylation is 2. The molecule has 2 aromatic rings. The second-order valence-electron chi connectivity index (χ2n) is 6.87. The number of hydrogen-bond acceptors (Lipinski definition) is 4. The zero-order chi connectivity index (χ0) is 21.5. The monoisotopic (exact) mass is 442 g/mol. The van der Waals surface area contributed by atoms with E-state index in [9.17, 15) is 13.6 Å². The first-order valence-corrected chi connectivity index (χ1v) is 10.2. The third-order valence-electron chi connectivity index (χ3n) is 4.78. The molecule has 0 aliphatic carbocycles. The van der Waals surface area contributed by atoms with Gasteiger partial charge in [0.2, 0.25) is 0 Å². The zero-order valence-electron chi connectivity index (χ0n) is 16.7. The predicted octanol–water partition coefficient (Wildman–Crippen LogP) is 2.39. The van der Waals surface area contributed by atoms with Gasteiger partial charge in [-0.05, 0) is 37.5 Å². The van der Waals surface area contributed by atoms with Crippen molar-refractivity contribution >= 4 is 17.6 Å². The van der Waals surface area contributed by atoms with E-state index >= 15 is 0 Å². The molecule has 1 aliphatic rings. The van der Waals surface area contributed by atoms with Gasteiger partial charge >= 0.3 is 12.3 Å². The fraction of sp³-hybridized carbons (Fsp3) is 0.526. The van der Waals surface area contributed by atoms with Crippen molar-refractivity contribution in [1.29, 1.82) is 0 Å². The van der Waals surface area contributed by atoms with Crippen LogP contribution in [0.3, 0.4) is 0 Å². The van der Waals surface area contributed by atoms with E-state index in [4.69, 9.17) is 11.6 Å². The highest BCUT2D eigenvalue weighted by Gasteiger charge is 2.16. The standard InChI is InChI=1S/C19H25ClF2N6O2/c1-23-18(25-12-13-11-14(20)6-7-15(13)30-17(21)22)24-8-4-10-28-19(29)27-9-3-2-5-16(27)26-28/h6-7,11,17H,2-5,8-10,12H2,1H3,(H2,23,24,25). The average molecular weight is 443 g/mol. The molecule has 1 aromatic heterocycles. The Kier molecular flexibility index (Phi) is 7.67. The number of benzene rings is 1. The lowest BCUT2D eigenvalue weighted by Gasteiger charge is -2.15. The van der Waals surface area contributed by atoms with Gasteiger partial charge in [0.25, 0.3) is 0 Å². The summed E-state index contributed by atoms with van der Waals surface area (Å²) in [6.45, 7) is -0.910. The predicted molar refractivity (Wildman–Crippen MR) is 110 cm³/mol. The van der Waals surface area contributed by atoms with Crippen molar-refractivity contribution in [1.82, 2.24) is 25.0 Å². The Morgan fingerprint density at radius 3 is 2.93 bits per heavy atom. The Balaban J connectivity index is 1.48. The van der Waals surface area contributed by atoms with Gasteiger partial charge in [0.1, 0.15) is 11.6 Å². The Hall–Kier alpha value is -2.62. The van der Waals surface area contributed by atoms with Crippen molar-refractivity contribution in [2.45, 2.75) is 51.9 Å². The molecule has 1 aliphatic heterocycles. The summed E-state index contributed by atoms with van der Waals surface area (Å²) in [6.07, 6.45) is 3.60. The highest BCUT2D eigenvalue weighted by molar-refractivity contribution is 6.30. The van der Waals surface area contributed by atoms with Gasteiger partial charge in [-0.1, -0.05) is 11.6 Å². The number of aromatic nitrogens is 3. The normalized spacial score (nSPS) is 14.0. The number of guanidine groups is 1. The summed E-state index contributed by atoms with van der Waals surface area (Å²) in [6, 6.07) is 4.46. The summed E-state index contributed by atoms with van der Waals surface area (Å²) in [5.41, 5.74) is 0.431. The van der Waals surface area contributed by atoms with Crippen LogP contribution >= 0.6 is 11.6 Å². The van der Waals surface area contributed by atoms with Crippen LogP contribution in [0.25, 0.3) is 0 Å². The summed E-state index contributed by atoms with van der Waals surface area (Å²) in [5, 5.41) is 11.0. The SMILES string of the molecule is CN=C(NCCCn1nc2n(c1=O)CCCC2)NCc1cc(Cl)ccc1OC(F)F. The summed E-state index contributed by atoms with van der Waals surface area (Å²) in [5.74, 6) is 1.41. The molecule has 0 fully saturated rings. The lowest BCUT2D eigenvalue weighted by molar-refractivity contribution is -0.0504. The number of halogens is 3. The minimum atomic E-state index is -2.92. The van der Waals surface area contributed by atoms with Crippen molar-refractivity contribution in [3.63, 3.8) is 0 Å². The number of rotatable bonds is 8. The molecule has 0 radical (unpaired) electrons. The summed E-state index contributed by atoms with van der Waals surface area (Å²) < 4.78 is 32.9. The largest absolute Gasteiger partial charge is 0.434 e. The van der Waals surface area contributed by atoms with Crippen LogP contribution in [-0.4, -0.2) is 40.5 Å². The van der Waals surface area contributed by atoms with Crippen LogP contribution in [0.15, 0.2) is 28.0 Å². The summed E-state index contributed by atoms with van der Waals surface area (Å²) in [4.78, 5) is 16.4. The highest BCUT2D eigenvalue weighted by atomic mass is 35.5. The molecular weight excluding hydrogens is 418 g/mol. The van der Waals surface area contributed by atoms with E-state index in [1.54, 1.807) is 17.7 Å². The van der Waals surface area contributed by atoms with E-state index in [2.05, 4.69) is 25.5 Å². The van der Waals surface area contributed by atoms with Gasteiger partial charge < -0.3 is 15.4 Å². The maximum atomic E-state index is 12.6. The Labute approximate surface area is 177 Å². The molecule has 0 saturated heterocycles. The number of ether oxygens (including phenoxy) is 1. The van der Waals surface area contributed by atoms with Crippen molar-refractivity contribution < 1.29 is 13.5 Å². The van der Waals surface area contributed by atoms with Crippen LogP contribution in [0.4, 0.5) is 8.78 Å². The quantitative estimate of drug-likeness (QED) is 0.372. The molecule has 0 spiro atoms. The first-order valence-electron chi connectivity index (χ1n) is 9.82. The first kappa shape index (κ1) is 22.1. The number of nitrogens with zero attached hydrogens (tertiary/aromatic N) is 4. The van der Waals surface area contributed by atoms with E-state index in [1.165, 1.54) is 16.8 Å². The molecule has 3 rings (SSSR count). The third kappa shape index (κ3) is 5.71. The highest BCUT2D eigenvalue weighted by Crippen LogP contribution is 2.24. The Bertz CT molecular complexity index is 944. The minimum Gasteiger partial charge on any atom is -0.434 e. The minimum absolute atomic E-state index is 0.0558. The number of fused-ring (bicyclic) bond motifs is 1. The second kappa shape index (κ2) is 10.4. The van der Waals surface area contributed by atoms with Gasteiger partial charge in [0.15, 0.2) is 5.96 Å². The van der Waals surface area contributed by atoms with E-state index in [0.717, 1.165) is 31.6 Å². The zero-order valence-corrected chi connectivity index (χ0v) is 17.5. The van der Waals surface area contributed by atoms with Crippen LogP contribution in [-0.2, 0) is 26.1 Å². The number of nitrogens with one attached hydrogen (secondary N) is 2. The molecule has 8 nitrogen and oxygen atoms in total. The fourth-order valence-electron chi connectivity index (χ4n) is 3.33. The molecule has 0 bridgehead atoms. The van der Waals surface area contributed by atoms with Gasteiger partial charge in [-0.15, -0.1) is 0 Å². The lowest BCUT2D eigenvalue weighted by atomic mass is 10.2. The molecule has 1 aromatic carbocycles. The van der Waals surface area contributed by atoms with Crippen molar-refractivity contribution in [3.05, 3.63) is 45.1 Å². The van der Waals surface area contributed by atoms with Gasteiger partial charge in [-0.25, -0.2) is 9.48 Å². The average Bonchev–Trinajstić information content (AvgIpc) is 3.05. The van der Waals surface area contributed by atoms with E-state index in [0.29, 0.717) is 36.1 Å². The maximum Gasteiger partial charge on any atom is 0.387 e. The van der Waals surface area contributed by atoms with Crippen molar-refractivity contribution in [2.24, 2.45) is 4.99 Å². The second-order valence-corrected chi connectivity index (χ2v) is 7.30. The smallest absolute Gasteiger partial charge is 0.387 e. The molecule has 164 valence electrons. The van der Waals surface area contributed by atoms with Crippen LogP contribution < -0.4 is 21.1 Å². The molecule has 2 N–H and O–H groups in total. The molecular formula is C19H25ClF2N6O2. The van der Waals surface area contributed by atoms with E-state index < -0.39 is 6.61 Å². The molecule has 0 amide bonds. The van der Waals surface area contributed by atoms with Crippen LogP contribution in [0.5, 0.6) is 5.75 Å². The van der Waals surface area contributed by atoms with Gasteiger partial charge in [0.05, 0.1) is 0 Å². The Morgan fingerprint density at radius 1 is 1.37 bits per heavy atom. The van der Waals surface area contributed by atoms with Crippen molar-refractivity contribution in [3.8, 4) is 5.75 Å². The van der Waals surface area contributed by atoms with E-state index in [1.807, 2.05) is 0 Å². The number of hydrogen-bond donors (Lipinski definition) is 2. The number of alkyl halides is 2. The molecule has 11 heteroatoms. The molecule has 0 unspecified atom stereocenters. The fourth-order valence-corrected chi connectivity index (χ4v) is 3.52. The third-order valence-corrected chi connectivity index (χ3v) is 5.01.